The summed E-state index contributed by atoms with van der Waals surface area (Å²) in [7, 11) is 0. The van der Waals surface area contributed by atoms with E-state index < -0.39 is 30.1 Å². The van der Waals surface area contributed by atoms with Crippen molar-refractivity contribution < 1.29 is 53.4 Å². The summed E-state index contributed by atoms with van der Waals surface area (Å²) in [4.78, 5) is 36.8. The molecule has 4 N–H and O–H groups in total. The van der Waals surface area contributed by atoms with Gasteiger partial charge in [-0.1, -0.05) is 153 Å². The van der Waals surface area contributed by atoms with Crippen molar-refractivity contribution in [3.63, 3.8) is 0 Å². The fourth-order valence-electron chi connectivity index (χ4n) is 12.1. The molecule has 1 aromatic carbocycles. The van der Waals surface area contributed by atoms with E-state index in [1.807, 2.05) is 17.0 Å². The van der Waals surface area contributed by atoms with Crippen LogP contribution in [0.2, 0.25) is 0 Å². The second kappa shape index (κ2) is 36.5. The molecule has 0 radical (unpaired) electrons. The number of aliphatic hydroxyl groups is 3. The number of fused-ring (bicyclic) bond motifs is 2. The number of rotatable bonds is 41. The summed E-state index contributed by atoms with van der Waals surface area (Å²) in [6, 6.07) is 4.90. The average molecular weight is 1050 g/mol. The molecule has 5 rings (SSSR count). The van der Waals surface area contributed by atoms with Crippen LogP contribution in [-0.4, -0.2) is 115 Å². The van der Waals surface area contributed by atoms with Crippen LogP contribution in [0.15, 0.2) is 47.7 Å². The maximum absolute atomic E-state index is 15.1. The van der Waals surface area contributed by atoms with E-state index in [0.717, 1.165) is 94.6 Å². The van der Waals surface area contributed by atoms with E-state index in [9.17, 15) is 20.1 Å². The fourth-order valence-corrected chi connectivity index (χ4v) is 12.1. The third-order valence-electron chi connectivity index (χ3n) is 16.0. The zero-order valence-corrected chi connectivity index (χ0v) is 46.6. The van der Waals surface area contributed by atoms with E-state index in [2.05, 4.69) is 31.8 Å². The summed E-state index contributed by atoms with van der Waals surface area (Å²) in [6.07, 6.45) is 33.0. The zero-order valence-electron chi connectivity index (χ0n) is 46.6. The molecule has 2 fully saturated rings. The molecule has 2 amide bonds. The standard InChI is InChI=1S/C61H101N3O11/c1-4-7-9-11-13-15-17-19-21-26-36-62-60(69)73-49-34-35-54-52(46-49)58-50(31-24-28-39-66)48(30-23-27-38-65)45-51-53(63-75-57-33-25-29-42-71-57)47-55(61(74-54,59(51)58)72-41-6-3)64(37-43-70-44-40-67)56(68)32-22-20-18-16-14-12-10-8-5-2/h6,34-35,45-46,48,50,55,57-59,65-67H,3-5,7-33,36-44,47H2,1-2H3,(H,62,69)/t48-,50+,55-,57?,58+,59+,61+/m0/s1. The minimum Gasteiger partial charge on any atom is -0.459 e. The summed E-state index contributed by atoms with van der Waals surface area (Å²) >= 11 is 0. The molecule has 14 nitrogen and oxygen atoms in total. The summed E-state index contributed by atoms with van der Waals surface area (Å²) in [5, 5.41) is 37.9. The molecule has 1 unspecified atom stereocenters. The molecule has 2 heterocycles. The first-order chi connectivity index (χ1) is 36.8. The number of nitrogens with zero attached hydrogens (tertiary/aromatic N) is 2. The van der Waals surface area contributed by atoms with Crippen molar-refractivity contribution in [3.8, 4) is 11.5 Å². The number of ether oxygens (including phenoxy) is 5. The molecule has 1 saturated heterocycles. The van der Waals surface area contributed by atoms with Gasteiger partial charge in [0, 0.05) is 57.0 Å². The number of unbranched alkanes of at least 4 members (excludes halogenated alkanes) is 19. The number of hydrogen-bond acceptors (Lipinski definition) is 12. The van der Waals surface area contributed by atoms with Crippen LogP contribution in [0.4, 0.5) is 4.79 Å². The number of carbonyl (C=O) groups is 2. The lowest BCUT2D eigenvalue weighted by molar-refractivity contribution is -0.258. The average Bonchev–Trinajstić information content (AvgIpc) is 3.43. The third kappa shape index (κ3) is 20.0. The van der Waals surface area contributed by atoms with E-state index in [1.54, 1.807) is 12.1 Å². The second-order valence-electron chi connectivity index (χ2n) is 21.7. The van der Waals surface area contributed by atoms with Crippen LogP contribution < -0.4 is 14.8 Å². The largest absolute Gasteiger partial charge is 0.459 e. The number of allylic oxidation sites excluding steroid dienone is 1. The number of oxime groups is 1. The fraction of sp³-hybridized carbons (Fsp3) is 0.787. The first kappa shape index (κ1) is 62.3. The Hall–Kier alpha value is -3.53. The summed E-state index contributed by atoms with van der Waals surface area (Å²) < 4.78 is 32.7. The molecule has 426 valence electrons. The molecule has 1 saturated carbocycles. The molecule has 0 spiro atoms. The predicted molar refractivity (Wildman–Crippen MR) is 297 cm³/mol. The minimum absolute atomic E-state index is 0.000346. The Morgan fingerprint density at radius 2 is 1.48 bits per heavy atom. The van der Waals surface area contributed by atoms with Crippen LogP contribution >= 0.6 is 0 Å². The van der Waals surface area contributed by atoms with Crippen molar-refractivity contribution >= 4 is 17.7 Å². The van der Waals surface area contributed by atoms with Crippen molar-refractivity contribution in [2.75, 3.05) is 59.3 Å². The number of carbonyl (C=O) groups excluding carboxylic acids is 2. The maximum atomic E-state index is 15.1. The normalized spacial score (nSPS) is 23.4. The predicted octanol–water partition coefficient (Wildman–Crippen LogP) is 12.6. The highest BCUT2D eigenvalue weighted by molar-refractivity contribution is 6.03. The number of aliphatic hydroxyl groups excluding tert-OH is 3. The van der Waals surface area contributed by atoms with Gasteiger partial charge < -0.3 is 54.1 Å². The van der Waals surface area contributed by atoms with Crippen LogP contribution in [0, 0.1) is 17.8 Å². The van der Waals surface area contributed by atoms with Gasteiger partial charge in [0.25, 0.3) is 0 Å². The quantitative estimate of drug-likeness (QED) is 0.0279. The Bertz CT molecular complexity index is 1820. The van der Waals surface area contributed by atoms with E-state index in [0.29, 0.717) is 56.0 Å². The van der Waals surface area contributed by atoms with Gasteiger partial charge in [-0.25, -0.2) is 4.79 Å². The Balaban J connectivity index is 1.54. The van der Waals surface area contributed by atoms with Crippen LogP contribution in [0.1, 0.15) is 218 Å². The summed E-state index contributed by atoms with van der Waals surface area (Å²) in [6.45, 7) is 10.4. The molecule has 4 aliphatic rings. The van der Waals surface area contributed by atoms with Gasteiger partial charge >= 0.3 is 6.09 Å². The molecule has 14 heteroatoms. The molecule has 2 aliphatic heterocycles. The number of benzene rings is 1. The molecule has 7 atom stereocenters. The molecule has 75 heavy (non-hydrogen) atoms. The topological polar surface area (TPSA) is 178 Å². The van der Waals surface area contributed by atoms with Gasteiger partial charge in [0.05, 0.1) is 44.7 Å². The van der Waals surface area contributed by atoms with E-state index in [4.69, 9.17) is 33.7 Å². The van der Waals surface area contributed by atoms with Crippen molar-refractivity contribution in [2.45, 2.75) is 231 Å². The molecule has 0 aromatic heterocycles. The Kier molecular flexibility index (Phi) is 30.4. The highest BCUT2D eigenvalue weighted by Crippen LogP contribution is 2.62. The first-order valence-corrected chi connectivity index (χ1v) is 30.1. The minimum atomic E-state index is -1.44. The van der Waals surface area contributed by atoms with Crippen molar-refractivity contribution in [1.82, 2.24) is 10.2 Å². The van der Waals surface area contributed by atoms with E-state index in [1.165, 1.54) is 77.0 Å². The highest BCUT2D eigenvalue weighted by Gasteiger charge is 2.65. The second-order valence-corrected chi connectivity index (χ2v) is 21.7. The highest BCUT2D eigenvalue weighted by atomic mass is 16.8. The number of nitrogens with one attached hydrogen (secondary N) is 1. The van der Waals surface area contributed by atoms with Crippen molar-refractivity contribution in [2.24, 2.45) is 22.9 Å². The van der Waals surface area contributed by atoms with Gasteiger partial charge in [-0.15, -0.1) is 6.58 Å². The monoisotopic (exact) mass is 1050 g/mol. The lowest BCUT2D eigenvalue weighted by Crippen LogP contribution is -2.70. The molecular weight excluding hydrogens is 951 g/mol. The Labute approximate surface area is 452 Å². The van der Waals surface area contributed by atoms with E-state index >= 15 is 4.79 Å². The zero-order chi connectivity index (χ0) is 53.4. The Morgan fingerprint density at radius 3 is 2.12 bits per heavy atom. The lowest BCUT2D eigenvalue weighted by atomic mass is 9.55. The van der Waals surface area contributed by atoms with Crippen LogP contribution in [0.3, 0.4) is 0 Å². The Morgan fingerprint density at radius 1 is 0.813 bits per heavy atom. The lowest BCUT2D eigenvalue weighted by Gasteiger charge is -2.60. The van der Waals surface area contributed by atoms with Gasteiger partial charge in [-0.05, 0) is 87.0 Å². The van der Waals surface area contributed by atoms with Gasteiger partial charge in [0.1, 0.15) is 17.5 Å². The van der Waals surface area contributed by atoms with Crippen LogP contribution in [-0.2, 0) is 23.8 Å². The van der Waals surface area contributed by atoms with Gasteiger partial charge in [0.2, 0.25) is 18.0 Å². The molecule has 0 bridgehead atoms. The molecule has 2 aliphatic carbocycles. The maximum Gasteiger partial charge on any atom is 0.412 e. The van der Waals surface area contributed by atoms with Gasteiger partial charge in [-0.2, -0.15) is 0 Å². The van der Waals surface area contributed by atoms with Crippen molar-refractivity contribution in [3.05, 3.63) is 48.1 Å². The van der Waals surface area contributed by atoms with E-state index in [-0.39, 0.29) is 76.3 Å². The first-order valence-electron chi connectivity index (χ1n) is 30.1. The van der Waals surface area contributed by atoms with Crippen molar-refractivity contribution in [1.29, 1.82) is 0 Å². The number of amides is 2. The SMILES string of the molecule is C=CCO[C@@]12Oc3ccc(OC(=O)NCCCCCCCCCCCC)cc3[C@H]3[C@H](CCCCO)[C@@H](CCCCO)C=C(C(=NOC4CCCCO4)C[C@@H]1N(CCOCCO)C(=O)CCCCCCCCCCC)[C@H]32. The summed E-state index contributed by atoms with van der Waals surface area (Å²) in [5.74, 6) is -1.26. The summed E-state index contributed by atoms with van der Waals surface area (Å²) in [5.41, 5.74) is 2.50. The number of hydrogen-bond donors (Lipinski definition) is 4. The van der Waals surface area contributed by atoms with Crippen LogP contribution in [0.5, 0.6) is 11.5 Å². The van der Waals surface area contributed by atoms with Gasteiger partial charge in [-0.3, -0.25) is 4.79 Å². The molecule has 1 aromatic rings. The molecular formula is C61H101N3O11. The van der Waals surface area contributed by atoms with Crippen LogP contribution in [0.25, 0.3) is 0 Å². The van der Waals surface area contributed by atoms with Gasteiger partial charge in [0.15, 0.2) is 0 Å². The smallest absolute Gasteiger partial charge is 0.412 e. The third-order valence-corrected chi connectivity index (χ3v) is 16.0.